The lowest BCUT2D eigenvalue weighted by molar-refractivity contribution is -0.139. The van der Waals surface area contributed by atoms with Crippen molar-refractivity contribution >= 4 is 7.82 Å². The molecule has 11 heteroatoms. The highest BCUT2D eigenvalue weighted by Gasteiger charge is 2.35. The number of ether oxygens (including phenoxy) is 1. The minimum absolute atomic E-state index is 0.0267. The number of aliphatic hydroxyl groups excluding tert-OH is 1. The summed E-state index contributed by atoms with van der Waals surface area (Å²) in [5.74, 6) is -0.277. The van der Waals surface area contributed by atoms with Crippen molar-refractivity contribution in [3.05, 3.63) is 65.2 Å². The Balaban J connectivity index is 2.01. The highest BCUT2D eigenvalue weighted by Crippen LogP contribution is 2.38. The van der Waals surface area contributed by atoms with E-state index in [0.29, 0.717) is 12.8 Å². The molecule has 0 saturated carbocycles. The van der Waals surface area contributed by atoms with E-state index in [-0.39, 0.29) is 30.8 Å². The molecule has 1 unspecified atom stereocenters. The second-order valence-corrected chi connectivity index (χ2v) is 8.79. The van der Waals surface area contributed by atoms with Crippen LogP contribution < -0.4 is 10.5 Å². The molecule has 2 rings (SSSR count). The average Bonchev–Trinajstić information content (AvgIpc) is 2.74. The minimum Gasteiger partial charge on any atom is -0.493 e. The average molecular weight is 477 g/mol. The summed E-state index contributed by atoms with van der Waals surface area (Å²) in [5, 5.41) is 9.43. The number of rotatable bonds is 12. The summed E-state index contributed by atoms with van der Waals surface area (Å²) >= 11 is 0. The van der Waals surface area contributed by atoms with Crippen LogP contribution in [0.5, 0.6) is 5.75 Å². The number of nitrogens with two attached hydrogens (primary N) is 1. The van der Waals surface area contributed by atoms with Gasteiger partial charge in [0.25, 0.3) is 0 Å². The van der Waals surface area contributed by atoms with Gasteiger partial charge in [-0.25, -0.2) is 4.57 Å². The van der Waals surface area contributed by atoms with Crippen LogP contribution in [0.2, 0.25) is 0 Å². The third-order valence-corrected chi connectivity index (χ3v) is 5.27. The predicted octanol–water partition coefficient (Wildman–Crippen LogP) is 3.45. The normalized spacial score (nSPS) is 14.2. The SMILES string of the molecule is NC(CO)(CCc1ccc(OCCCc2ccccc2)c(C(F)(F)F)c1)COP(=O)(O)O. The van der Waals surface area contributed by atoms with Gasteiger partial charge in [-0.3, -0.25) is 4.52 Å². The summed E-state index contributed by atoms with van der Waals surface area (Å²) in [6, 6.07) is 13.2. The summed E-state index contributed by atoms with van der Waals surface area (Å²) in [4.78, 5) is 17.6. The van der Waals surface area contributed by atoms with E-state index in [1.54, 1.807) is 0 Å². The van der Waals surface area contributed by atoms with Gasteiger partial charge in [-0.2, -0.15) is 13.2 Å². The molecule has 1 atom stereocenters. The fourth-order valence-electron chi connectivity index (χ4n) is 2.99. The molecule has 0 aliphatic heterocycles. The fraction of sp³-hybridized carbons (Fsp3) is 0.429. The first-order chi connectivity index (χ1) is 14.9. The zero-order chi connectivity index (χ0) is 23.8. The van der Waals surface area contributed by atoms with Crippen molar-refractivity contribution < 1.29 is 41.9 Å². The third-order valence-electron chi connectivity index (χ3n) is 4.81. The Morgan fingerprint density at radius 3 is 2.28 bits per heavy atom. The fourth-order valence-corrected chi connectivity index (χ4v) is 3.41. The van der Waals surface area contributed by atoms with Crippen molar-refractivity contribution in [2.75, 3.05) is 19.8 Å². The van der Waals surface area contributed by atoms with Crippen LogP contribution in [0.3, 0.4) is 0 Å². The molecule has 0 fully saturated rings. The van der Waals surface area contributed by atoms with Gasteiger partial charge in [0.05, 0.1) is 30.9 Å². The predicted molar refractivity (Wildman–Crippen MR) is 112 cm³/mol. The number of hydrogen-bond donors (Lipinski definition) is 4. The van der Waals surface area contributed by atoms with Crippen LogP contribution in [0.25, 0.3) is 0 Å². The van der Waals surface area contributed by atoms with E-state index in [2.05, 4.69) is 4.52 Å². The molecule has 0 radical (unpaired) electrons. The highest BCUT2D eigenvalue weighted by molar-refractivity contribution is 7.46. The van der Waals surface area contributed by atoms with Gasteiger partial charge in [0.2, 0.25) is 0 Å². The number of hydrogen-bond acceptors (Lipinski definition) is 5. The van der Waals surface area contributed by atoms with Crippen molar-refractivity contribution in [1.82, 2.24) is 0 Å². The van der Waals surface area contributed by atoms with E-state index in [9.17, 15) is 22.8 Å². The summed E-state index contributed by atoms with van der Waals surface area (Å²) in [7, 11) is -4.80. The lowest BCUT2D eigenvalue weighted by atomic mass is 9.93. The number of halogens is 3. The number of aryl methyl sites for hydroxylation is 2. The quantitative estimate of drug-likeness (QED) is 0.273. The largest absolute Gasteiger partial charge is 0.493 e. The highest BCUT2D eigenvalue weighted by atomic mass is 31.2. The number of phosphoric ester groups is 1. The molecule has 0 aliphatic carbocycles. The molecule has 0 aromatic heterocycles. The van der Waals surface area contributed by atoms with E-state index in [1.165, 1.54) is 12.1 Å². The van der Waals surface area contributed by atoms with E-state index >= 15 is 0 Å². The molecule has 0 heterocycles. The van der Waals surface area contributed by atoms with Gasteiger partial charge in [-0.05, 0) is 48.9 Å². The first-order valence-corrected chi connectivity index (χ1v) is 11.4. The topological polar surface area (TPSA) is 122 Å². The van der Waals surface area contributed by atoms with Gasteiger partial charge in [-0.15, -0.1) is 0 Å². The number of benzene rings is 2. The van der Waals surface area contributed by atoms with E-state index < -0.39 is 38.3 Å². The maximum Gasteiger partial charge on any atom is 0.469 e. The summed E-state index contributed by atoms with van der Waals surface area (Å²) in [6.07, 6.45) is -3.44. The van der Waals surface area contributed by atoms with Crippen LogP contribution in [-0.4, -0.2) is 40.3 Å². The van der Waals surface area contributed by atoms with Crippen molar-refractivity contribution in [3.63, 3.8) is 0 Å². The Kier molecular flexibility index (Phi) is 9.27. The van der Waals surface area contributed by atoms with E-state index in [4.69, 9.17) is 20.3 Å². The first-order valence-electron chi connectivity index (χ1n) is 9.88. The molecule has 0 bridgehead atoms. The molecule has 5 N–H and O–H groups in total. The maximum atomic E-state index is 13.5. The van der Waals surface area contributed by atoms with Crippen LogP contribution in [0, 0.1) is 0 Å². The molecule has 178 valence electrons. The van der Waals surface area contributed by atoms with Gasteiger partial charge < -0.3 is 25.4 Å². The van der Waals surface area contributed by atoms with E-state index in [1.807, 2.05) is 30.3 Å². The molecule has 0 saturated heterocycles. The summed E-state index contributed by atoms with van der Waals surface area (Å²) in [5.41, 5.74) is 4.78. The smallest absolute Gasteiger partial charge is 0.469 e. The second kappa shape index (κ2) is 11.3. The van der Waals surface area contributed by atoms with Crippen molar-refractivity contribution in [3.8, 4) is 5.75 Å². The molecular formula is C21H27F3NO6P. The number of alkyl halides is 3. The second-order valence-electron chi connectivity index (χ2n) is 7.55. The first kappa shape index (κ1) is 26.3. The zero-order valence-corrected chi connectivity index (χ0v) is 18.2. The maximum absolute atomic E-state index is 13.5. The van der Waals surface area contributed by atoms with Crippen LogP contribution in [-0.2, 0) is 28.1 Å². The lowest BCUT2D eigenvalue weighted by Crippen LogP contribution is -2.48. The molecule has 2 aromatic carbocycles. The lowest BCUT2D eigenvalue weighted by Gasteiger charge is -2.27. The standard InChI is InChI=1S/C21H27F3NO6P/c22-21(23,24)18-13-17(10-11-20(25,14-26)15-31-32(27,28)29)8-9-19(18)30-12-4-7-16-5-2-1-3-6-16/h1-3,5-6,8-9,13,26H,4,7,10-12,14-15,25H2,(H2,27,28,29). The Hall–Kier alpha value is -1.94. The van der Waals surface area contributed by atoms with Gasteiger partial charge in [0.1, 0.15) is 5.75 Å². The van der Waals surface area contributed by atoms with Crippen molar-refractivity contribution in [2.24, 2.45) is 5.73 Å². The number of aliphatic hydroxyl groups is 1. The Morgan fingerprint density at radius 1 is 1.00 bits per heavy atom. The summed E-state index contributed by atoms with van der Waals surface area (Å²) in [6.45, 7) is -1.20. The molecule has 0 amide bonds. The molecule has 7 nitrogen and oxygen atoms in total. The molecule has 0 aliphatic rings. The Bertz CT molecular complexity index is 906. The van der Waals surface area contributed by atoms with Crippen LogP contribution in [0.4, 0.5) is 13.2 Å². The zero-order valence-electron chi connectivity index (χ0n) is 17.3. The summed E-state index contributed by atoms with van der Waals surface area (Å²) < 4.78 is 61.2. The monoisotopic (exact) mass is 477 g/mol. The van der Waals surface area contributed by atoms with Crippen molar-refractivity contribution in [1.29, 1.82) is 0 Å². The minimum atomic E-state index is -4.80. The van der Waals surface area contributed by atoms with Gasteiger partial charge in [0.15, 0.2) is 0 Å². The molecule has 32 heavy (non-hydrogen) atoms. The van der Waals surface area contributed by atoms with Gasteiger partial charge >= 0.3 is 14.0 Å². The van der Waals surface area contributed by atoms with Crippen molar-refractivity contribution in [2.45, 2.75) is 37.4 Å². The molecule has 0 spiro atoms. The van der Waals surface area contributed by atoms with Gasteiger partial charge in [0, 0.05) is 0 Å². The third kappa shape index (κ3) is 8.90. The van der Waals surface area contributed by atoms with Crippen LogP contribution >= 0.6 is 7.82 Å². The van der Waals surface area contributed by atoms with Crippen LogP contribution in [0.15, 0.2) is 48.5 Å². The molecule has 2 aromatic rings. The Morgan fingerprint density at radius 2 is 1.69 bits per heavy atom. The van der Waals surface area contributed by atoms with E-state index in [0.717, 1.165) is 11.6 Å². The van der Waals surface area contributed by atoms with Crippen LogP contribution in [0.1, 0.15) is 29.5 Å². The Labute approximate surface area is 184 Å². The molecular weight excluding hydrogens is 450 g/mol. The number of phosphoric acid groups is 1. The van der Waals surface area contributed by atoms with Gasteiger partial charge in [-0.1, -0.05) is 36.4 Å².